The molecular formula is C16H19N3O2. The summed E-state index contributed by atoms with van der Waals surface area (Å²) in [4.78, 5) is 23.3. The third kappa shape index (κ3) is 4.29. The highest BCUT2D eigenvalue weighted by molar-refractivity contribution is 5.94. The molecule has 0 fully saturated rings. The number of pyridine rings is 1. The molecule has 0 aliphatic heterocycles. The normalized spacial score (nSPS) is 11.9. The van der Waals surface area contributed by atoms with E-state index in [1.807, 2.05) is 30.3 Å². The van der Waals surface area contributed by atoms with E-state index in [0.29, 0.717) is 12.1 Å². The molecule has 1 aromatic heterocycles. The Bertz CT molecular complexity index is 665. The fourth-order valence-corrected chi connectivity index (χ4v) is 2.00. The number of carbonyl (C=O) groups is 1. The molecule has 3 N–H and O–H groups in total. The van der Waals surface area contributed by atoms with Gasteiger partial charge >= 0.3 is 0 Å². The largest absolute Gasteiger partial charge is 0.323 e. The number of nitrogens with one attached hydrogen (secondary N) is 1. The molecule has 1 amide bonds. The minimum Gasteiger partial charge on any atom is -0.323 e. The standard InChI is InChI=1S/C16H19N3O2/c1-19-11-13(8-10-15(19)20)18-16(21)14(17)9-7-12-5-3-2-4-6-12/h2-6,8,10-11,14H,7,9,17H2,1H3,(H,18,21)/t14-/m0/s1. The topological polar surface area (TPSA) is 77.1 Å². The maximum atomic E-state index is 12.0. The molecule has 1 aromatic carbocycles. The van der Waals surface area contributed by atoms with Crippen LogP contribution in [-0.2, 0) is 18.3 Å². The summed E-state index contributed by atoms with van der Waals surface area (Å²) < 4.78 is 1.41. The van der Waals surface area contributed by atoms with Crippen molar-refractivity contribution in [3.05, 3.63) is 64.6 Å². The van der Waals surface area contributed by atoms with E-state index in [1.165, 1.54) is 10.6 Å². The van der Waals surface area contributed by atoms with Gasteiger partial charge in [0, 0.05) is 19.3 Å². The number of amides is 1. The van der Waals surface area contributed by atoms with E-state index >= 15 is 0 Å². The van der Waals surface area contributed by atoms with E-state index < -0.39 is 6.04 Å². The smallest absolute Gasteiger partial charge is 0.250 e. The first-order chi connectivity index (χ1) is 10.1. The number of rotatable bonds is 5. The highest BCUT2D eigenvalue weighted by Gasteiger charge is 2.13. The van der Waals surface area contributed by atoms with Gasteiger partial charge in [-0.1, -0.05) is 30.3 Å². The molecule has 0 spiro atoms. The molecule has 0 radical (unpaired) electrons. The van der Waals surface area contributed by atoms with Gasteiger partial charge in [-0.15, -0.1) is 0 Å². The Morgan fingerprint density at radius 2 is 1.95 bits per heavy atom. The first-order valence-electron chi connectivity index (χ1n) is 6.83. The molecule has 0 unspecified atom stereocenters. The van der Waals surface area contributed by atoms with Crippen LogP contribution in [-0.4, -0.2) is 16.5 Å². The second kappa shape index (κ2) is 6.85. The first kappa shape index (κ1) is 15.0. The molecule has 1 heterocycles. The molecule has 1 atom stereocenters. The summed E-state index contributed by atoms with van der Waals surface area (Å²) in [6.07, 6.45) is 2.90. The van der Waals surface area contributed by atoms with Crippen LogP contribution in [0.5, 0.6) is 0 Å². The molecule has 21 heavy (non-hydrogen) atoms. The van der Waals surface area contributed by atoms with Gasteiger partial charge in [0.15, 0.2) is 0 Å². The van der Waals surface area contributed by atoms with Crippen LogP contribution in [0.25, 0.3) is 0 Å². The van der Waals surface area contributed by atoms with E-state index in [0.717, 1.165) is 12.0 Å². The van der Waals surface area contributed by atoms with Gasteiger partial charge < -0.3 is 15.6 Å². The van der Waals surface area contributed by atoms with Crippen molar-refractivity contribution in [3.63, 3.8) is 0 Å². The maximum absolute atomic E-state index is 12.0. The lowest BCUT2D eigenvalue weighted by Crippen LogP contribution is -2.36. The highest BCUT2D eigenvalue weighted by atomic mass is 16.2. The minimum atomic E-state index is -0.581. The second-order valence-electron chi connectivity index (χ2n) is 4.99. The van der Waals surface area contributed by atoms with Gasteiger partial charge in [0.05, 0.1) is 11.7 Å². The predicted octanol–water partition coefficient (Wildman–Crippen LogP) is 1.28. The molecule has 0 saturated carbocycles. The summed E-state index contributed by atoms with van der Waals surface area (Å²) in [5, 5.41) is 2.72. The van der Waals surface area contributed by atoms with Crippen molar-refractivity contribution in [2.45, 2.75) is 18.9 Å². The highest BCUT2D eigenvalue weighted by Crippen LogP contribution is 2.07. The Morgan fingerprint density at radius 1 is 1.24 bits per heavy atom. The van der Waals surface area contributed by atoms with Gasteiger partial charge in [0.2, 0.25) is 11.5 Å². The number of anilines is 1. The number of nitrogens with two attached hydrogens (primary N) is 1. The Hall–Kier alpha value is -2.40. The summed E-state index contributed by atoms with van der Waals surface area (Å²) in [5.74, 6) is -0.246. The number of aromatic nitrogens is 1. The quantitative estimate of drug-likeness (QED) is 0.869. The van der Waals surface area contributed by atoms with E-state index in [-0.39, 0.29) is 11.5 Å². The van der Waals surface area contributed by atoms with Crippen LogP contribution in [0, 0.1) is 0 Å². The second-order valence-corrected chi connectivity index (χ2v) is 4.99. The van der Waals surface area contributed by atoms with Crippen molar-refractivity contribution in [3.8, 4) is 0 Å². The van der Waals surface area contributed by atoms with E-state index in [1.54, 1.807) is 19.3 Å². The third-order valence-corrected chi connectivity index (χ3v) is 3.28. The van der Waals surface area contributed by atoms with Gasteiger partial charge in [0.1, 0.15) is 0 Å². The number of nitrogens with zero attached hydrogens (tertiary/aromatic N) is 1. The molecule has 2 aromatic rings. The molecular weight excluding hydrogens is 266 g/mol. The van der Waals surface area contributed by atoms with E-state index in [9.17, 15) is 9.59 Å². The van der Waals surface area contributed by atoms with Crippen LogP contribution in [0.1, 0.15) is 12.0 Å². The molecule has 110 valence electrons. The van der Waals surface area contributed by atoms with Crippen LogP contribution in [0.2, 0.25) is 0 Å². The van der Waals surface area contributed by atoms with E-state index in [2.05, 4.69) is 5.32 Å². The predicted molar refractivity (Wildman–Crippen MR) is 83.1 cm³/mol. The van der Waals surface area contributed by atoms with Crippen molar-refractivity contribution >= 4 is 11.6 Å². The van der Waals surface area contributed by atoms with Crippen LogP contribution in [0.15, 0.2) is 53.5 Å². The van der Waals surface area contributed by atoms with Crippen LogP contribution in [0.3, 0.4) is 0 Å². The fraction of sp³-hybridized carbons (Fsp3) is 0.250. The summed E-state index contributed by atoms with van der Waals surface area (Å²) in [5.41, 5.74) is 7.50. The number of carbonyl (C=O) groups excluding carboxylic acids is 1. The summed E-state index contributed by atoms with van der Waals surface area (Å²) in [7, 11) is 1.63. The van der Waals surface area contributed by atoms with Crippen molar-refractivity contribution in [2.75, 3.05) is 5.32 Å². The lowest BCUT2D eigenvalue weighted by atomic mass is 10.1. The lowest BCUT2D eigenvalue weighted by Gasteiger charge is -2.12. The zero-order valence-corrected chi connectivity index (χ0v) is 12.0. The number of hydrogen-bond donors (Lipinski definition) is 2. The third-order valence-electron chi connectivity index (χ3n) is 3.28. The van der Waals surface area contributed by atoms with Crippen molar-refractivity contribution in [1.29, 1.82) is 0 Å². The fourth-order valence-electron chi connectivity index (χ4n) is 2.00. The summed E-state index contributed by atoms with van der Waals surface area (Å²) >= 11 is 0. The lowest BCUT2D eigenvalue weighted by molar-refractivity contribution is -0.117. The zero-order valence-electron chi connectivity index (χ0n) is 12.0. The average Bonchev–Trinajstić information content (AvgIpc) is 2.49. The molecule has 5 nitrogen and oxygen atoms in total. The van der Waals surface area contributed by atoms with Crippen LogP contribution in [0.4, 0.5) is 5.69 Å². The first-order valence-corrected chi connectivity index (χ1v) is 6.83. The minimum absolute atomic E-state index is 0.124. The summed E-state index contributed by atoms with van der Waals surface area (Å²) in [6, 6.07) is 12.3. The number of benzene rings is 1. The molecule has 0 aliphatic carbocycles. The van der Waals surface area contributed by atoms with Gasteiger partial charge in [-0.2, -0.15) is 0 Å². The zero-order chi connectivity index (χ0) is 15.2. The summed E-state index contributed by atoms with van der Waals surface area (Å²) in [6.45, 7) is 0. The maximum Gasteiger partial charge on any atom is 0.250 e. The average molecular weight is 285 g/mol. The van der Waals surface area contributed by atoms with Crippen molar-refractivity contribution < 1.29 is 4.79 Å². The van der Waals surface area contributed by atoms with Gasteiger partial charge in [-0.3, -0.25) is 9.59 Å². The molecule has 2 rings (SSSR count). The van der Waals surface area contributed by atoms with Crippen molar-refractivity contribution in [1.82, 2.24) is 4.57 Å². The molecule has 0 bridgehead atoms. The Morgan fingerprint density at radius 3 is 2.62 bits per heavy atom. The molecule has 5 heteroatoms. The SMILES string of the molecule is Cn1cc(NC(=O)[C@@H](N)CCc2ccccc2)ccc1=O. The Labute approximate surface area is 123 Å². The van der Waals surface area contributed by atoms with E-state index in [4.69, 9.17) is 5.73 Å². The molecule has 0 saturated heterocycles. The number of hydrogen-bond acceptors (Lipinski definition) is 3. The Balaban J connectivity index is 1.90. The monoisotopic (exact) mass is 285 g/mol. The number of aryl methyl sites for hydroxylation is 2. The Kier molecular flexibility index (Phi) is 4.90. The van der Waals surface area contributed by atoms with Crippen LogP contribution < -0.4 is 16.6 Å². The molecule has 0 aliphatic rings. The van der Waals surface area contributed by atoms with Crippen molar-refractivity contribution in [2.24, 2.45) is 12.8 Å². The van der Waals surface area contributed by atoms with Crippen LogP contribution >= 0.6 is 0 Å². The van der Waals surface area contributed by atoms with Gasteiger partial charge in [-0.05, 0) is 24.5 Å². The van der Waals surface area contributed by atoms with Gasteiger partial charge in [-0.25, -0.2) is 0 Å². The van der Waals surface area contributed by atoms with Gasteiger partial charge in [0.25, 0.3) is 0 Å².